The number of likely N-dealkylation sites (tertiary alicyclic amines) is 1. The number of nitrogens with zero attached hydrogens (tertiary/aromatic N) is 1. The monoisotopic (exact) mass is 315 g/mol. The van der Waals surface area contributed by atoms with E-state index in [4.69, 9.17) is 0 Å². The van der Waals surface area contributed by atoms with Crippen molar-refractivity contribution in [3.05, 3.63) is 35.9 Å². The van der Waals surface area contributed by atoms with E-state index in [-0.39, 0.29) is 0 Å². The number of rotatable bonds is 4. The molecule has 1 heterocycles. The molecule has 2 aliphatic carbocycles. The molecule has 1 saturated heterocycles. The van der Waals surface area contributed by atoms with Crippen molar-refractivity contribution in [1.82, 2.24) is 4.90 Å². The van der Waals surface area contributed by atoms with E-state index in [1.165, 1.54) is 44.1 Å². The summed E-state index contributed by atoms with van der Waals surface area (Å²) in [5, 5.41) is 0.755. The van der Waals surface area contributed by atoms with Crippen LogP contribution in [0.25, 0.3) is 0 Å². The predicted molar refractivity (Wildman–Crippen MR) is 92.1 cm³/mol. The first-order valence-electron chi connectivity index (χ1n) is 8.68. The first-order chi connectivity index (χ1) is 10.7. The average Bonchev–Trinajstić information content (AvgIpc) is 2.96. The van der Waals surface area contributed by atoms with Gasteiger partial charge in [0.25, 0.3) is 0 Å². The molecule has 4 rings (SSSR count). The summed E-state index contributed by atoms with van der Waals surface area (Å²) in [5.41, 5.74) is 1.95. The normalized spacial score (nSPS) is 24.3. The van der Waals surface area contributed by atoms with Crippen molar-refractivity contribution in [2.24, 2.45) is 5.41 Å². The zero-order chi connectivity index (χ0) is 15.0. The molecule has 118 valence electrons. The van der Waals surface area contributed by atoms with Gasteiger partial charge in [-0.15, -0.1) is 11.8 Å². The summed E-state index contributed by atoms with van der Waals surface area (Å²) in [6.45, 7) is 2.03. The third-order valence-electron chi connectivity index (χ3n) is 5.78. The second-order valence-electron chi connectivity index (χ2n) is 7.48. The Bertz CT molecular complexity index is 524. The van der Waals surface area contributed by atoms with E-state index in [1.54, 1.807) is 0 Å². The van der Waals surface area contributed by atoms with Gasteiger partial charge in [0.2, 0.25) is 5.91 Å². The summed E-state index contributed by atoms with van der Waals surface area (Å²) < 4.78 is 0. The van der Waals surface area contributed by atoms with Crippen LogP contribution >= 0.6 is 11.8 Å². The number of carbonyl (C=O) groups is 1. The van der Waals surface area contributed by atoms with Crippen LogP contribution in [0.2, 0.25) is 0 Å². The Labute approximate surface area is 137 Å². The molecule has 22 heavy (non-hydrogen) atoms. The number of benzene rings is 1. The highest BCUT2D eigenvalue weighted by molar-refractivity contribution is 8.00. The number of hydrogen-bond donors (Lipinski definition) is 0. The fourth-order valence-electron chi connectivity index (χ4n) is 4.48. The Morgan fingerprint density at radius 2 is 1.82 bits per heavy atom. The third kappa shape index (κ3) is 2.80. The van der Waals surface area contributed by atoms with Gasteiger partial charge in [-0.25, -0.2) is 0 Å². The van der Waals surface area contributed by atoms with Crippen molar-refractivity contribution in [2.45, 2.75) is 49.7 Å². The van der Waals surface area contributed by atoms with Crippen LogP contribution in [-0.2, 0) is 4.79 Å². The first kappa shape index (κ1) is 14.6. The molecule has 1 aromatic rings. The summed E-state index contributed by atoms with van der Waals surface area (Å²) in [6.07, 6.45) is 7.91. The van der Waals surface area contributed by atoms with Gasteiger partial charge in [-0.2, -0.15) is 0 Å². The summed E-state index contributed by atoms with van der Waals surface area (Å²) in [7, 11) is 0. The van der Waals surface area contributed by atoms with Crippen molar-refractivity contribution in [1.29, 1.82) is 0 Å². The second-order valence-corrected chi connectivity index (χ2v) is 8.77. The molecule has 3 aliphatic rings. The Morgan fingerprint density at radius 1 is 1.14 bits per heavy atom. The molecule has 1 spiro atoms. The standard InChI is InChI=1S/C19H25NOS/c21-18(12-22-17-8-4-5-9-17)20-13-19(14-20)10-16(11-19)15-6-2-1-3-7-15/h1-3,6-7,16-17H,4-5,8-14H2. The SMILES string of the molecule is O=C(CSC1CCCC1)N1CC2(CC(c3ccccc3)C2)C1. The molecular weight excluding hydrogens is 290 g/mol. The minimum Gasteiger partial charge on any atom is -0.341 e. The van der Waals surface area contributed by atoms with Gasteiger partial charge in [-0.05, 0) is 37.2 Å². The summed E-state index contributed by atoms with van der Waals surface area (Å²) in [4.78, 5) is 14.4. The largest absolute Gasteiger partial charge is 0.341 e. The van der Waals surface area contributed by atoms with Crippen molar-refractivity contribution >= 4 is 17.7 Å². The van der Waals surface area contributed by atoms with E-state index in [2.05, 4.69) is 35.2 Å². The van der Waals surface area contributed by atoms with E-state index in [1.807, 2.05) is 11.8 Å². The maximum Gasteiger partial charge on any atom is 0.232 e. The lowest BCUT2D eigenvalue weighted by molar-refractivity contribution is -0.148. The van der Waals surface area contributed by atoms with Crippen LogP contribution in [0.1, 0.15) is 50.0 Å². The van der Waals surface area contributed by atoms with Gasteiger partial charge in [0.05, 0.1) is 5.75 Å². The molecule has 0 N–H and O–H groups in total. The highest BCUT2D eigenvalue weighted by Crippen LogP contribution is 2.56. The van der Waals surface area contributed by atoms with E-state index < -0.39 is 0 Å². The zero-order valence-electron chi connectivity index (χ0n) is 13.2. The molecule has 3 fully saturated rings. The highest BCUT2D eigenvalue weighted by Gasteiger charge is 2.53. The lowest BCUT2D eigenvalue weighted by Crippen LogP contribution is -2.63. The Morgan fingerprint density at radius 3 is 2.50 bits per heavy atom. The van der Waals surface area contributed by atoms with Crippen LogP contribution in [0.15, 0.2) is 30.3 Å². The maximum atomic E-state index is 12.3. The van der Waals surface area contributed by atoms with Crippen molar-refractivity contribution in [3.63, 3.8) is 0 Å². The number of amides is 1. The highest BCUT2D eigenvalue weighted by atomic mass is 32.2. The fourth-order valence-corrected chi connectivity index (χ4v) is 5.71. The van der Waals surface area contributed by atoms with Gasteiger partial charge in [-0.3, -0.25) is 4.79 Å². The molecule has 0 aromatic heterocycles. The molecule has 0 atom stereocenters. The molecule has 1 aliphatic heterocycles. The molecule has 0 bridgehead atoms. The summed E-state index contributed by atoms with van der Waals surface area (Å²) >= 11 is 1.90. The topological polar surface area (TPSA) is 20.3 Å². The van der Waals surface area contributed by atoms with Crippen LogP contribution in [0.4, 0.5) is 0 Å². The minimum atomic E-state index is 0.380. The van der Waals surface area contributed by atoms with E-state index in [9.17, 15) is 4.79 Å². The molecule has 1 amide bonds. The summed E-state index contributed by atoms with van der Waals surface area (Å²) in [5.74, 6) is 1.82. The van der Waals surface area contributed by atoms with Gasteiger partial charge in [0, 0.05) is 23.8 Å². The minimum absolute atomic E-state index is 0.380. The molecule has 0 radical (unpaired) electrons. The van der Waals surface area contributed by atoms with E-state index >= 15 is 0 Å². The Kier molecular flexibility index (Phi) is 3.93. The quantitative estimate of drug-likeness (QED) is 0.835. The zero-order valence-corrected chi connectivity index (χ0v) is 14.0. The van der Waals surface area contributed by atoms with Crippen LogP contribution in [-0.4, -0.2) is 34.9 Å². The second kappa shape index (κ2) is 5.92. The lowest BCUT2D eigenvalue weighted by Gasteiger charge is -2.59. The summed E-state index contributed by atoms with van der Waals surface area (Å²) in [6, 6.07) is 10.9. The Balaban J connectivity index is 1.21. The van der Waals surface area contributed by atoms with E-state index in [0.717, 1.165) is 24.3 Å². The van der Waals surface area contributed by atoms with Crippen molar-refractivity contribution in [3.8, 4) is 0 Å². The number of hydrogen-bond acceptors (Lipinski definition) is 2. The van der Waals surface area contributed by atoms with Crippen molar-refractivity contribution in [2.75, 3.05) is 18.8 Å². The van der Waals surface area contributed by atoms with Crippen LogP contribution < -0.4 is 0 Å². The average molecular weight is 315 g/mol. The van der Waals surface area contributed by atoms with Crippen LogP contribution in [0.3, 0.4) is 0 Å². The third-order valence-corrected chi connectivity index (χ3v) is 7.14. The molecule has 0 unspecified atom stereocenters. The molecule has 1 aromatic carbocycles. The molecular formula is C19H25NOS. The van der Waals surface area contributed by atoms with Crippen molar-refractivity contribution < 1.29 is 4.79 Å². The molecule has 3 heteroatoms. The maximum absolute atomic E-state index is 12.3. The van der Waals surface area contributed by atoms with Gasteiger partial charge >= 0.3 is 0 Å². The van der Waals surface area contributed by atoms with E-state index in [0.29, 0.717) is 17.1 Å². The lowest BCUT2D eigenvalue weighted by atomic mass is 9.56. The number of carbonyl (C=O) groups excluding carboxylic acids is 1. The van der Waals surface area contributed by atoms with Gasteiger partial charge in [-0.1, -0.05) is 43.2 Å². The van der Waals surface area contributed by atoms with Gasteiger partial charge < -0.3 is 4.90 Å². The Hall–Kier alpha value is -0.960. The smallest absolute Gasteiger partial charge is 0.232 e. The van der Waals surface area contributed by atoms with Crippen LogP contribution in [0, 0.1) is 5.41 Å². The van der Waals surface area contributed by atoms with Gasteiger partial charge in [0.1, 0.15) is 0 Å². The van der Waals surface area contributed by atoms with Crippen LogP contribution in [0.5, 0.6) is 0 Å². The fraction of sp³-hybridized carbons (Fsp3) is 0.632. The molecule has 2 nitrogen and oxygen atoms in total. The molecule has 2 saturated carbocycles. The predicted octanol–water partition coefficient (Wildman–Crippen LogP) is 4.07. The number of thioether (sulfide) groups is 1. The van der Waals surface area contributed by atoms with Gasteiger partial charge in [0.15, 0.2) is 0 Å². The first-order valence-corrected chi connectivity index (χ1v) is 9.73.